The summed E-state index contributed by atoms with van der Waals surface area (Å²) in [5.41, 5.74) is 0.481. The summed E-state index contributed by atoms with van der Waals surface area (Å²) in [6.07, 6.45) is 7.38. The van der Waals surface area contributed by atoms with Crippen molar-refractivity contribution in [3.63, 3.8) is 0 Å². The largest absolute Gasteiger partial charge is 0.354 e. The van der Waals surface area contributed by atoms with E-state index < -0.39 is 0 Å². The van der Waals surface area contributed by atoms with Gasteiger partial charge in [-0.3, -0.25) is 4.79 Å². The van der Waals surface area contributed by atoms with Crippen molar-refractivity contribution in [3.05, 3.63) is 18.1 Å². The number of anilines is 1. The Kier molecular flexibility index (Phi) is 4.87. The van der Waals surface area contributed by atoms with E-state index in [-0.39, 0.29) is 5.91 Å². The van der Waals surface area contributed by atoms with E-state index >= 15 is 0 Å². The highest BCUT2D eigenvalue weighted by Gasteiger charge is 2.20. The zero-order valence-electron chi connectivity index (χ0n) is 13.3. The van der Waals surface area contributed by atoms with Crippen molar-refractivity contribution in [2.45, 2.75) is 38.1 Å². The van der Waals surface area contributed by atoms with E-state index in [1.165, 1.54) is 25.6 Å². The summed E-state index contributed by atoms with van der Waals surface area (Å²) in [6.45, 7) is 3.93. The minimum Gasteiger partial charge on any atom is -0.354 e. The molecule has 120 valence electrons. The predicted molar refractivity (Wildman–Crippen MR) is 86.1 cm³/mol. The van der Waals surface area contributed by atoms with Crippen molar-refractivity contribution in [1.29, 1.82) is 0 Å². The van der Waals surface area contributed by atoms with E-state index in [0.717, 1.165) is 44.8 Å². The second-order valence-corrected chi connectivity index (χ2v) is 6.36. The molecule has 1 saturated heterocycles. The molecule has 2 fully saturated rings. The number of hydrogen-bond donors (Lipinski definition) is 1. The molecule has 0 radical (unpaired) electrons. The predicted octanol–water partition coefficient (Wildman–Crippen LogP) is 1.29. The van der Waals surface area contributed by atoms with Crippen LogP contribution >= 0.6 is 0 Å². The molecule has 2 heterocycles. The monoisotopic (exact) mass is 303 g/mol. The fraction of sp³-hybridized carbons (Fsp3) is 0.688. The lowest BCUT2D eigenvalue weighted by Crippen LogP contribution is -2.45. The number of likely N-dealkylation sites (N-methyl/N-ethyl adjacent to an activating group) is 1. The zero-order chi connectivity index (χ0) is 15.4. The summed E-state index contributed by atoms with van der Waals surface area (Å²) in [6, 6.07) is 2.13. The first-order chi connectivity index (χ1) is 10.7. The summed E-state index contributed by atoms with van der Waals surface area (Å²) in [4.78, 5) is 25.4. The molecule has 1 aromatic rings. The number of carbonyl (C=O) groups is 1. The van der Waals surface area contributed by atoms with Gasteiger partial charge < -0.3 is 15.1 Å². The number of aromatic nitrogens is 2. The summed E-state index contributed by atoms with van der Waals surface area (Å²) in [5, 5.41) is 3.12. The van der Waals surface area contributed by atoms with Gasteiger partial charge in [-0.2, -0.15) is 0 Å². The maximum atomic E-state index is 12.4. The van der Waals surface area contributed by atoms with Crippen LogP contribution in [0, 0.1) is 0 Å². The normalized spacial score (nSPS) is 20.9. The fourth-order valence-electron chi connectivity index (χ4n) is 3.19. The molecule has 0 unspecified atom stereocenters. The molecule has 6 nitrogen and oxygen atoms in total. The molecule has 1 aliphatic carbocycles. The van der Waals surface area contributed by atoms with Crippen LogP contribution in [0.4, 0.5) is 5.82 Å². The Morgan fingerprint density at radius 3 is 2.59 bits per heavy atom. The summed E-state index contributed by atoms with van der Waals surface area (Å²) in [7, 11) is 2.13. The molecule has 0 bridgehead atoms. The van der Waals surface area contributed by atoms with Crippen molar-refractivity contribution >= 4 is 11.7 Å². The molecule has 3 rings (SSSR count). The van der Waals surface area contributed by atoms with Crippen molar-refractivity contribution in [3.8, 4) is 0 Å². The van der Waals surface area contributed by atoms with Crippen LogP contribution in [0.2, 0.25) is 0 Å². The lowest BCUT2D eigenvalue weighted by atomic mass is 9.95. The van der Waals surface area contributed by atoms with Crippen molar-refractivity contribution in [1.82, 2.24) is 20.2 Å². The average molecular weight is 303 g/mol. The second-order valence-electron chi connectivity index (χ2n) is 6.36. The van der Waals surface area contributed by atoms with E-state index in [1.807, 2.05) is 6.07 Å². The molecule has 6 heteroatoms. The average Bonchev–Trinajstić information content (AvgIpc) is 2.56. The van der Waals surface area contributed by atoms with Crippen LogP contribution in [0.25, 0.3) is 0 Å². The van der Waals surface area contributed by atoms with Crippen molar-refractivity contribution in [2.75, 3.05) is 38.1 Å². The van der Waals surface area contributed by atoms with Gasteiger partial charge in [0.15, 0.2) is 0 Å². The Balaban J connectivity index is 1.63. The number of piperazine rings is 1. The third-order valence-electron chi connectivity index (χ3n) is 4.65. The Morgan fingerprint density at radius 2 is 1.86 bits per heavy atom. The first-order valence-electron chi connectivity index (χ1n) is 8.29. The highest BCUT2D eigenvalue weighted by atomic mass is 16.1. The van der Waals surface area contributed by atoms with Gasteiger partial charge in [0, 0.05) is 38.3 Å². The number of carbonyl (C=O) groups excluding carboxylic acids is 1. The van der Waals surface area contributed by atoms with E-state index in [0.29, 0.717) is 11.7 Å². The molecule has 0 atom stereocenters. The van der Waals surface area contributed by atoms with Crippen molar-refractivity contribution in [2.24, 2.45) is 0 Å². The van der Waals surface area contributed by atoms with Gasteiger partial charge in [-0.25, -0.2) is 9.97 Å². The van der Waals surface area contributed by atoms with E-state index in [2.05, 4.69) is 32.1 Å². The van der Waals surface area contributed by atoms with Crippen LogP contribution in [0.1, 0.15) is 42.6 Å². The minimum absolute atomic E-state index is 0.0651. The van der Waals surface area contributed by atoms with Crippen molar-refractivity contribution < 1.29 is 4.79 Å². The molecule has 22 heavy (non-hydrogen) atoms. The standard InChI is InChI=1S/C16H25N5O/c1-20-7-9-21(10-8-20)15-11-14(17-12-18-15)16(22)19-13-5-3-2-4-6-13/h11-13H,2-10H2,1H3,(H,19,22). The van der Waals surface area contributed by atoms with E-state index in [1.54, 1.807) is 0 Å². The topological polar surface area (TPSA) is 61.4 Å². The van der Waals surface area contributed by atoms with Gasteiger partial charge in [0.1, 0.15) is 17.8 Å². The smallest absolute Gasteiger partial charge is 0.270 e. The third-order valence-corrected chi connectivity index (χ3v) is 4.65. The maximum absolute atomic E-state index is 12.4. The molecule has 0 spiro atoms. The summed E-state index contributed by atoms with van der Waals surface area (Å²) in [5.74, 6) is 0.793. The second kappa shape index (κ2) is 7.05. The van der Waals surface area contributed by atoms with Gasteiger partial charge >= 0.3 is 0 Å². The first kappa shape index (κ1) is 15.2. The third kappa shape index (κ3) is 3.74. The number of hydrogen-bond acceptors (Lipinski definition) is 5. The van der Waals surface area contributed by atoms with Crippen LogP contribution in [0.15, 0.2) is 12.4 Å². The van der Waals surface area contributed by atoms with Crippen LogP contribution in [0.5, 0.6) is 0 Å². The Hall–Kier alpha value is -1.69. The highest BCUT2D eigenvalue weighted by molar-refractivity contribution is 5.93. The molecule has 1 aromatic heterocycles. The van der Waals surface area contributed by atoms with Gasteiger partial charge in [-0.1, -0.05) is 19.3 Å². The number of nitrogens with one attached hydrogen (secondary N) is 1. The van der Waals surface area contributed by atoms with E-state index in [9.17, 15) is 4.79 Å². The van der Waals surface area contributed by atoms with Crippen LogP contribution < -0.4 is 10.2 Å². The summed E-state index contributed by atoms with van der Waals surface area (Å²) < 4.78 is 0. The van der Waals surface area contributed by atoms with Gasteiger partial charge in [0.2, 0.25) is 0 Å². The van der Waals surface area contributed by atoms with Gasteiger partial charge in [0.05, 0.1) is 0 Å². The SMILES string of the molecule is CN1CCN(c2cc(C(=O)NC3CCCCC3)ncn2)CC1. The Labute approximate surface area is 131 Å². The van der Waals surface area contributed by atoms with Crippen LogP contribution in [0.3, 0.4) is 0 Å². The molecule has 1 saturated carbocycles. The van der Waals surface area contributed by atoms with Gasteiger partial charge in [-0.15, -0.1) is 0 Å². The zero-order valence-corrected chi connectivity index (χ0v) is 13.3. The lowest BCUT2D eigenvalue weighted by molar-refractivity contribution is 0.0922. The highest BCUT2D eigenvalue weighted by Crippen LogP contribution is 2.18. The van der Waals surface area contributed by atoms with E-state index in [4.69, 9.17) is 0 Å². The molecule has 0 aromatic carbocycles. The van der Waals surface area contributed by atoms with Crippen LogP contribution in [-0.4, -0.2) is 60.0 Å². The fourth-order valence-corrected chi connectivity index (χ4v) is 3.19. The maximum Gasteiger partial charge on any atom is 0.270 e. The molecular weight excluding hydrogens is 278 g/mol. The molecule has 2 aliphatic rings. The first-order valence-corrected chi connectivity index (χ1v) is 8.29. The minimum atomic E-state index is -0.0651. The number of rotatable bonds is 3. The quantitative estimate of drug-likeness (QED) is 0.912. The lowest BCUT2D eigenvalue weighted by Gasteiger charge is -2.33. The molecule has 1 amide bonds. The van der Waals surface area contributed by atoms with Gasteiger partial charge in [0.25, 0.3) is 5.91 Å². The Bertz CT molecular complexity index is 507. The van der Waals surface area contributed by atoms with Crippen LogP contribution in [-0.2, 0) is 0 Å². The number of amides is 1. The Morgan fingerprint density at radius 1 is 1.14 bits per heavy atom. The van der Waals surface area contributed by atoms with Gasteiger partial charge in [-0.05, 0) is 19.9 Å². The summed E-state index contributed by atoms with van der Waals surface area (Å²) >= 11 is 0. The molecule has 1 aliphatic heterocycles. The molecular formula is C16H25N5O. The molecule has 1 N–H and O–H groups in total. The number of nitrogens with zero attached hydrogens (tertiary/aromatic N) is 4.